The van der Waals surface area contributed by atoms with E-state index in [1.54, 1.807) is 11.8 Å². The molecule has 1 heterocycles. The number of rotatable bonds is 2. The molecule has 1 aliphatic carbocycles. The molecule has 4 nitrogen and oxygen atoms in total. The van der Waals surface area contributed by atoms with Crippen molar-refractivity contribution < 1.29 is 9.90 Å². The zero-order valence-electron chi connectivity index (χ0n) is 8.12. The van der Waals surface area contributed by atoms with Crippen molar-refractivity contribution in [2.75, 3.05) is 13.1 Å². The highest BCUT2D eigenvalue weighted by Gasteiger charge is 2.57. The molecule has 78 valence electrons. The highest BCUT2D eigenvalue weighted by atomic mass is 32.1. The fourth-order valence-electron chi connectivity index (χ4n) is 1.91. The molecule has 1 aliphatic heterocycles. The summed E-state index contributed by atoms with van der Waals surface area (Å²) in [4.78, 5) is 13.8. The second-order valence-electron chi connectivity index (χ2n) is 4.60. The van der Waals surface area contributed by atoms with Gasteiger partial charge in [-0.3, -0.25) is 4.79 Å². The number of nitrogens with zero attached hydrogens (tertiary/aromatic N) is 1. The predicted molar refractivity (Wildman–Crippen MR) is 55.7 cm³/mol. The van der Waals surface area contributed by atoms with Crippen molar-refractivity contribution >= 4 is 23.1 Å². The summed E-state index contributed by atoms with van der Waals surface area (Å²) >= 11 is 4.89. The van der Waals surface area contributed by atoms with Crippen LogP contribution in [0.1, 0.15) is 19.8 Å². The van der Waals surface area contributed by atoms with Gasteiger partial charge in [0.15, 0.2) is 0 Å². The van der Waals surface area contributed by atoms with Gasteiger partial charge in [-0.2, -0.15) is 0 Å². The van der Waals surface area contributed by atoms with Gasteiger partial charge in [0.2, 0.25) is 5.91 Å². The molecule has 0 atom stereocenters. The van der Waals surface area contributed by atoms with Crippen molar-refractivity contribution in [3.05, 3.63) is 0 Å². The fourth-order valence-corrected chi connectivity index (χ4v) is 2.20. The Morgan fingerprint density at radius 2 is 2.00 bits per heavy atom. The lowest BCUT2D eigenvalue weighted by Gasteiger charge is -2.45. The summed E-state index contributed by atoms with van der Waals surface area (Å²) in [5.41, 5.74) is 4.26. The molecule has 0 bridgehead atoms. The van der Waals surface area contributed by atoms with Gasteiger partial charge in [-0.25, -0.2) is 0 Å². The number of nitrogens with two attached hydrogens (primary N) is 1. The molecule has 2 fully saturated rings. The Morgan fingerprint density at radius 1 is 1.50 bits per heavy atom. The molecular formula is C9H14N2O2S. The molecular weight excluding hydrogens is 200 g/mol. The van der Waals surface area contributed by atoms with Crippen LogP contribution >= 0.6 is 12.2 Å². The van der Waals surface area contributed by atoms with Crippen LogP contribution in [0.2, 0.25) is 0 Å². The van der Waals surface area contributed by atoms with Gasteiger partial charge in [-0.1, -0.05) is 12.2 Å². The molecule has 0 aromatic carbocycles. The third-order valence-corrected chi connectivity index (χ3v) is 3.37. The van der Waals surface area contributed by atoms with Crippen LogP contribution in [-0.2, 0) is 4.79 Å². The third kappa shape index (κ3) is 1.31. The Balaban J connectivity index is 2.01. The minimum Gasteiger partial charge on any atom is -0.392 e. The average Bonchev–Trinajstić information content (AvgIpc) is 2.78. The molecule has 0 radical (unpaired) electrons. The lowest BCUT2D eigenvalue weighted by Crippen LogP contribution is -2.63. The fraction of sp³-hybridized carbons (Fsp3) is 0.778. The van der Waals surface area contributed by atoms with Crippen molar-refractivity contribution in [2.24, 2.45) is 11.1 Å². The largest absolute Gasteiger partial charge is 0.392 e. The highest BCUT2D eigenvalue weighted by Crippen LogP contribution is 2.48. The molecule has 14 heavy (non-hydrogen) atoms. The van der Waals surface area contributed by atoms with Crippen molar-refractivity contribution in [1.82, 2.24) is 4.90 Å². The Kier molecular flexibility index (Phi) is 1.88. The first-order valence-corrected chi connectivity index (χ1v) is 5.10. The van der Waals surface area contributed by atoms with Gasteiger partial charge in [0.05, 0.1) is 29.1 Å². The normalized spacial score (nSPS) is 26.6. The first-order valence-electron chi connectivity index (χ1n) is 4.69. The van der Waals surface area contributed by atoms with Gasteiger partial charge in [0.25, 0.3) is 0 Å². The van der Waals surface area contributed by atoms with Crippen LogP contribution < -0.4 is 5.73 Å². The van der Waals surface area contributed by atoms with Gasteiger partial charge < -0.3 is 15.7 Å². The minimum atomic E-state index is -0.720. The van der Waals surface area contributed by atoms with Gasteiger partial charge in [0, 0.05) is 0 Å². The summed E-state index contributed by atoms with van der Waals surface area (Å²) in [5.74, 6) is -0.00322. The van der Waals surface area contributed by atoms with E-state index >= 15 is 0 Å². The summed E-state index contributed by atoms with van der Waals surface area (Å²) in [5, 5.41) is 9.50. The molecule has 0 aromatic heterocycles. The lowest BCUT2D eigenvalue weighted by molar-refractivity contribution is -0.155. The maximum atomic E-state index is 11.9. The van der Waals surface area contributed by atoms with E-state index in [1.165, 1.54) is 0 Å². The zero-order valence-corrected chi connectivity index (χ0v) is 8.93. The third-order valence-electron chi connectivity index (χ3n) is 2.98. The van der Waals surface area contributed by atoms with Crippen LogP contribution in [0.3, 0.4) is 0 Å². The van der Waals surface area contributed by atoms with Gasteiger partial charge >= 0.3 is 0 Å². The van der Waals surface area contributed by atoms with E-state index in [1.807, 2.05) is 0 Å². The Hall–Kier alpha value is -0.680. The molecule has 3 N–H and O–H groups in total. The van der Waals surface area contributed by atoms with Gasteiger partial charge in [-0.05, 0) is 19.8 Å². The van der Waals surface area contributed by atoms with Crippen LogP contribution in [0, 0.1) is 5.41 Å². The monoisotopic (exact) mass is 214 g/mol. The van der Waals surface area contributed by atoms with E-state index in [-0.39, 0.29) is 5.91 Å². The van der Waals surface area contributed by atoms with Crippen LogP contribution in [0.15, 0.2) is 0 Å². The maximum Gasteiger partial charge on any atom is 0.235 e. The lowest BCUT2D eigenvalue weighted by atomic mass is 9.93. The van der Waals surface area contributed by atoms with Crippen molar-refractivity contribution in [1.29, 1.82) is 0 Å². The SMILES string of the molecule is CC1(O)CN(C(=O)C2(C(N)=S)CC2)C1. The average molecular weight is 214 g/mol. The smallest absolute Gasteiger partial charge is 0.235 e. The number of hydrogen-bond donors (Lipinski definition) is 2. The number of hydrogen-bond acceptors (Lipinski definition) is 3. The first kappa shape index (κ1) is 9.86. The standard InChI is InChI=1S/C9H14N2O2S/c1-8(13)4-11(5-8)7(12)9(2-3-9)6(10)14/h13H,2-5H2,1H3,(H2,10,14). The first-order chi connectivity index (χ1) is 6.37. The topological polar surface area (TPSA) is 66.6 Å². The highest BCUT2D eigenvalue weighted by molar-refractivity contribution is 7.80. The number of β-amino-alcohol motifs (C(OH)–C–C–N with tert-alkyl or cyclic N) is 1. The molecule has 1 amide bonds. The van der Waals surface area contributed by atoms with Crippen molar-refractivity contribution in [2.45, 2.75) is 25.4 Å². The summed E-state index contributed by atoms with van der Waals surface area (Å²) in [6.07, 6.45) is 1.53. The summed E-state index contributed by atoms with van der Waals surface area (Å²) in [6.45, 7) is 2.52. The van der Waals surface area contributed by atoms with Crippen LogP contribution in [0.4, 0.5) is 0 Å². The molecule has 0 spiro atoms. The van der Waals surface area contributed by atoms with E-state index < -0.39 is 11.0 Å². The van der Waals surface area contributed by atoms with E-state index in [2.05, 4.69) is 0 Å². The Labute approximate surface area is 88.1 Å². The zero-order chi connectivity index (χ0) is 10.6. The summed E-state index contributed by atoms with van der Waals surface area (Å²) < 4.78 is 0. The van der Waals surface area contributed by atoms with Gasteiger partial charge in [0.1, 0.15) is 0 Å². The van der Waals surface area contributed by atoms with Crippen molar-refractivity contribution in [3.63, 3.8) is 0 Å². The second kappa shape index (κ2) is 2.67. The number of thiocarbonyl (C=S) groups is 1. The second-order valence-corrected chi connectivity index (χ2v) is 5.04. The Bertz CT molecular complexity index is 302. The number of likely N-dealkylation sites (tertiary alicyclic amines) is 1. The van der Waals surface area contributed by atoms with E-state index in [0.29, 0.717) is 18.1 Å². The minimum absolute atomic E-state index is 0.00322. The molecule has 5 heteroatoms. The summed E-state index contributed by atoms with van der Waals surface area (Å²) in [7, 11) is 0. The molecule has 1 saturated carbocycles. The molecule has 2 rings (SSSR count). The quantitative estimate of drug-likeness (QED) is 0.616. The summed E-state index contributed by atoms with van der Waals surface area (Å²) in [6, 6.07) is 0. The van der Waals surface area contributed by atoms with Gasteiger partial charge in [-0.15, -0.1) is 0 Å². The van der Waals surface area contributed by atoms with E-state index in [0.717, 1.165) is 12.8 Å². The molecule has 0 unspecified atom stereocenters. The van der Waals surface area contributed by atoms with Crippen molar-refractivity contribution in [3.8, 4) is 0 Å². The van der Waals surface area contributed by atoms with Crippen LogP contribution in [-0.4, -0.2) is 39.6 Å². The Morgan fingerprint density at radius 3 is 2.29 bits per heavy atom. The predicted octanol–water partition coefficient (Wildman–Crippen LogP) is -0.354. The van der Waals surface area contributed by atoms with Crippen LogP contribution in [0.5, 0.6) is 0 Å². The van der Waals surface area contributed by atoms with Crippen LogP contribution in [0.25, 0.3) is 0 Å². The molecule has 2 aliphatic rings. The molecule has 1 saturated heterocycles. The molecule has 0 aromatic rings. The number of carbonyl (C=O) groups excluding carboxylic acids is 1. The maximum absolute atomic E-state index is 11.9. The number of carbonyl (C=O) groups is 1. The van der Waals surface area contributed by atoms with E-state index in [9.17, 15) is 9.90 Å². The number of amides is 1. The van der Waals surface area contributed by atoms with E-state index in [4.69, 9.17) is 18.0 Å². The number of aliphatic hydroxyl groups is 1.